The van der Waals surface area contributed by atoms with Crippen molar-refractivity contribution in [2.45, 2.75) is 75.3 Å². The van der Waals surface area contributed by atoms with Crippen molar-refractivity contribution in [3.05, 3.63) is 112 Å². The predicted octanol–water partition coefficient (Wildman–Crippen LogP) is 8.40. The summed E-state index contributed by atoms with van der Waals surface area (Å²) in [5.41, 5.74) is 4.64. The second kappa shape index (κ2) is 16.0. The highest BCUT2D eigenvalue weighted by Crippen LogP contribution is 2.54. The quantitative estimate of drug-likeness (QED) is 0.0767. The number of nitro groups is 1. The first kappa shape index (κ1) is 40.6. The number of carbonyl (C=O) groups is 1. The molecule has 5 heterocycles. The summed E-state index contributed by atoms with van der Waals surface area (Å²) in [5.74, 6) is 1.38. The number of aromatic amines is 1. The minimum atomic E-state index is -4.53. The lowest BCUT2D eigenvalue weighted by Crippen LogP contribution is -2.54. The topological polar surface area (TPSA) is 172 Å². The number of likely N-dealkylation sites (tertiary alicyclic amines) is 1. The Morgan fingerprint density at radius 3 is 2.60 bits per heavy atom. The van der Waals surface area contributed by atoms with Gasteiger partial charge in [0.05, 0.1) is 34.8 Å². The molecule has 62 heavy (non-hydrogen) atoms. The second-order valence-corrected chi connectivity index (χ2v) is 20.1. The molecule has 3 atom stereocenters. The molecule has 5 aromatic rings. The molecule has 14 nitrogen and oxygen atoms in total. The number of pyridine rings is 1. The van der Waals surface area contributed by atoms with Crippen molar-refractivity contribution < 1.29 is 27.6 Å². The Balaban J connectivity index is 0.841. The van der Waals surface area contributed by atoms with Crippen LogP contribution in [0.3, 0.4) is 0 Å². The van der Waals surface area contributed by atoms with Gasteiger partial charge in [-0.3, -0.25) is 19.8 Å². The Morgan fingerprint density at radius 2 is 1.82 bits per heavy atom. The maximum absolute atomic E-state index is 13.9. The molecule has 3 aromatic carbocycles. The van der Waals surface area contributed by atoms with Crippen LogP contribution in [-0.2, 0) is 14.8 Å². The van der Waals surface area contributed by atoms with Gasteiger partial charge in [-0.25, -0.2) is 18.1 Å². The van der Waals surface area contributed by atoms with Crippen molar-refractivity contribution in [3.8, 4) is 11.5 Å². The highest BCUT2D eigenvalue weighted by molar-refractivity contribution is 7.90. The number of rotatable bonds is 13. The first-order valence-electron chi connectivity index (χ1n) is 22.0. The standard InChI is InChI=1S/C47H53N7O7S/c1-29(2)35-6-3-4-7-36(35)42-8-5-17-53(42)32-23-47(24-32)14-18-52(19-15-47)31-9-11-37(44(21-31)61-33-20-30-13-16-48-45(30)50-25-33)46(55)51-62(58,59)34-10-12-41(43(22-34)54(56)57)49-26-38-39-27-60-28-40(38)39/h3-4,6-7,9-13,16,20-22,25,29,32,38-40,42,49H,5,8,14-15,17-19,23-24,26-28H2,1-2H3,(H,48,50)(H,51,55)/t38?,39?,40?,42-/m0/s1. The van der Waals surface area contributed by atoms with Crippen molar-refractivity contribution in [2.75, 3.05) is 49.6 Å². The molecule has 15 heteroatoms. The number of aromatic nitrogens is 2. The second-order valence-electron chi connectivity index (χ2n) is 18.4. The van der Waals surface area contributed by atoms with Gasteiger partial charge < -0.3 is 24.7 Å². The summed E-state index contributed by atoms with van der Waals surface area (Å²) in [6.07, 6.45) is 10.3. The van der Waals surface area contributed by atoms with E-state index in [1.54, 1.807) is 30.6 Å². The summed E-state index contributed by atoms with van der Waals surface area (Å²) in [5, 5.41) is 16.0. The zero-order chi connectivity index (χ0) is 42.8. The number of benzene rings is 3. The highest BCUT2D eigenvalue weighted by atomic mass is 32.2. The number of nitro benzene ring substituents is 1. The van der Waals surface area contributed by atoms with Crippen LogP contribution >= 0.6 is 0 Å². The molecule has 324 valence electrons. The van der Waals surface area contributed by atoms with Gasteiger partial charge in [0.15, 0.2) is 0 Å². The number of nitrogens with one attached hydrogen (secondary N) is 3. The van der Waals surface area contributed by atoms with Crippen LogP contribution in [0.1, 0.15) is 85.8 Å². The van der Waals surface area contributed by atoms with Crippen molar-refractivity contribution in [1.29, 1.82) is 0 Å². The first-order chi connectivity index (χ1) is 29.9. The van der Waals surface area contributed by atoms with Crippen LogP contribution in [0.4, 0.5) is 17.1 Å². The Hall–Kier alpha value is -5.51. The lowest BCUT2D eigenvalue weighted by Gasteiger charge is -2.56. The molecular weight excluding hydrogens is 807 g/mol. The van der Waals surface area contributed by atoms with Gasteiger partial charge in [-0.05, 0) is 122 Å². The summed E-state index contributed by atoms with van der Waals surface area (Å²) < 4.78 is 41.3. The van der Waals surface area contributed by atoms with Crippen LogP contribution in [-0.4, -0.2) is 79.6 Å². The van der Waals surface area contributed by atoms with Crippen LogP contribution in [0.15, 0.2) is 90.1 Å². The fourth-order valence-corrected chi connectivity index (χ4v) is 11.9. The van der Waals surface area contributed by atoms with Gasteiger partial charge >= 0.3 is 0 Å². The molecule has 1 spiro atoms. The number of H-pyrrole nitrogens is 1. The molecule has 10 rings (SSSR count). The monoisotopic (exact) mass is 859 g/mol. The number of sulfonamides is 1. The summed E-state index contributed by atoms with van der Waals surface area (Å²) >= 11 is 0. The minimum Gasteiger partial charge on any atom is -0.455 e. The van der Waals surface area contributed by atoms with Crippen LogP contribution in [0.25, 0.3) is 11.0 Å². The maximum Gasteiger partial charge on any atom is 0.293 e. The predicted molar refractivity (Wildman–Crippen MR) is 236 cm³/mol. The number of hydrogen-bond donors (Lipinski definition) is 3. The van der Waals surface area contributed by atoms with E-state index in [2.05, 4.69) is 67.9 Å². The maximum atomic E-state index is 13.9. The third-order valence-corrected chi connectivity index (χ3v) is 15.8. The van der Waals surface area contributed by atoms with Gasteiger partial charge in [0.2, 0.25) is 0 Å². The van der Waals surface area contributed by atoms with Crippen LogP contribution in [0.2, 0.25) is 0 Å². The Kier molecular flexibility index (Phi) is 10.5. The molecule has 0 radical (unpaired) electrons. The zero-order valence-corrected chi connectivity index (χ0v) is 35.9. The zero-order valence-electron chi connectivity index (χ0n) is 35.1. The molecule has 1 amide bonds. The van der Waals surface area contributed by atoms with E-state index in [4.69, 9.17) is 9.47 Å². The number of hydrogen-bond acceptors (Lipinski definition) is 11. The average Bonchev–Trinajstić information content (AvgIpc) is 3.76. The summed E-state index contributed by atoms with van der Waals surface area (Å²) in [7, 11) is -4.53. The molecule has 2 aromatic heterocycles. The number of amides is 1. The smallest absolute Gasteiger partial charge is 0.293 e. The van der Waals surface area contributed by atoms with Crippen LogP contribution in [0, 0.1) is 33.3 Å². The minimum absolute atomic E-state index is 0.00670. The van der Waals surface area contributed by atoms with E-state index in [-0.39, 0.29) is 17.0 Å². The van der Waals surface area contributed by atoms with Crippen LogP contribution in [0.5, 0.6) is 11.5 Å². The molecule has 2 saturated carbocycles. The number of fused-ring (bicyclic) bond motifs is 2. The number of carbonyl (C=O) groups excluding carboxylic acids is 1. The molecule has 2 aliphatic carbocycles. The summed E-state index contributed by atoms with van der Waals surface area (Å²) in [4.78, 5) is 37.6. The van der Waals surface area contributed by atoms with Gasteiger partial charge in [-0.1, -0.05) is 38.1 Å². The number of piperidine rings is 1. The molecule has 2 unspecified atom stereocenters. The first-order valence-corrected chi connectivity index (χ1v) is 23.5. The fraction of sp³-hybridized carbons (Fsp3) is 0.447. The fourth-order valence-electron chi connectivity index (χ4n) is 10.9. The molecule has 3 aliphatic heterocycles. The average molecular weight is 860 g/mol. The summed E-state index contributed by atoms with van der Waals surface area (Å²) in [6, 6.07) is 22.6. The van der Waals surface area contributed by atoms with Crippen LogP contribution < -0.4 is 19.7 Å². The lowest BCUT2D eigenvalue weighted by atomic mass is 9.59. The van der Waals surface area contributed by atoms with E-state index in [9.17, 15) is 23.3 Å². The Labute approximate surface area is 361 Å². The number of anilines is 2. The number of ether oxygens (including phenoxy) is 2. The van der Waals surface area contributed by atoms with Gasteiger partial charge in [0, 0.05) is 61.1 Å². The van der Waals surface area contributed by atoms with E-state index in [0.29, 0.717) is 72.3 Å². The van der Waals surface area contributed by atoms with Gasteiger partial charge in [0.1, 0.15) is 22.8 Å². The third-order valence-electron chi connectivity index (χ3n) is 14.4. The molecule has 5 aliphatic rings. The molecule has 3 saturated heterocycles. The summed E-state index contributed by atoms with van der Waals surface area (Å²) in [6.45, 7) is 9.35. The van der Waals surface area contributed by atoms with E-state index in [1.807, 2.05) is 12.1 Å². The van der Waals surface area contributed by atoms with Gasteiger partial charge in [-0.2, -0.15) is 0 Å². The molecule has 0 bridgehead atoms. The van der Waals surface area contributed by atoms with Gasteiger partial charge in [-0.15, -0.1) is 0 Å². The number of nitrogens with zero attached hydrogens (tertiary/aromatic N) is 4. The lowest BCUT2D eigenvalue weighted by molar-refractivity contribution is -0.384. The van der Waals surface area contributed by atoms with E-state index in [1.165, 1.54) is 48.9 Å². The van der Waals surface area contributed by atoms with Crippen molar-refractivity contribution in [2.24, 2.45) is 23.2 Å². The largest absolute Gasteiger partial charge is 0.455 e. The van der Waals surface area contributed by atoms with Crippen molar-refractivity contribution >= 4 is 44.0 Å². The van der Waals surface area contributed by atoms with Crippen molar-refractivity contribution in [3.63, 3.8) is 0 Å². The molecule has 3 N–H and O–H groups in total. The normalized spacial score (nSPS) is 23.4. The van der Waals surface area contributed by atoms with E-state index < -0.39 is 31.4 Å². The highest BCUT2D eigenvalue weighted by Gasteiger charge is 2.53. The van der Waals surface area contributed by atoms with Crippen molar-refractivity contribution in [1.82, 2.24) is 19.6 Å². The third kappa shape index (κ3) is 7.68. The van der Waals surface area contributed by atoms with E-state index >= 15 is 0 Å². The molecule has 5 fully saturated rings. The van der Waals surface area contributed by atoms with E-state index in [0.717, 1.165) is 49.6 Å². The Bertz CT molecular complexity index is 2620. The Morgan fingerprint density at radius 1 is 1.03 bits per heavy atom. The molecular formula is C47H53N7O7S. The van der Waals surface area contributed by atoms with Gasteiger partial charge in [0.25, 0.3) is 21.6 Å². The SMILES string of the molecule is CC(C)c1ccccc1[C@@H]1CCCN1C1CC2(CCN(c3ccc(C(=O)NS(=O)(=O)c4ccc(NCC5C6COCC56)c([N+](=O)[O-])c4)c(Oc4cnc5[nH]ccc5c4)c3)CC2)C1.